The first-order chi connectivity index (χ1) is 9.54. The van der Waals surface area contributed by atoms with Gasteiger partial charge in [-0.25, -0.2) is 0 Å². The minimum Gasteiger partial charge on any atom is -0.306 e. The Labute approximate surface area is 114 Å². The number of hydrogen-bond donors (Lipinski definition) is 2. The molecule has 0 fully saturated rings. The van der Waals surface area contributed by atoms with E-state index < -0.39 is 4.92 Å². The molecule has 1 amide bonds. The Bertz CT molecular complexity index is 676. The summed E-state index contributed by atoms with van der Waals surface area (Å²) in [7, 11) is 0. The van der Waals surface area contributed by atoms with Crippen LogP contribution in [-0.4, -0.2) is 21.0 Å². The van der Waals surface area contributed by atoms with Crippen molar-refractivity contribution in [3.8, 4) is 0 Å². The number of aromatic amines is 1. The van der Waals surface area contributed by atoms with Crippen LogP contribution < -0.4 is 5.32 Å². The van der Waals surface area contributed by atoms with E-state index in [4.69, 9.17) is 0 Å². The van der Waals surface area contributed by atoms with E-state index in [1.165, 1.54) is 24.3 Å². The molecule has 0 aliphatic heterocycles. The van der Waals surface area contributed by atoms with Crippen molar-refractivity contribution in [1.82, 2.24) is 10.2 Å². The molecule has 102 valence electrons. The van der Waals surface area contributed by atoms with Gasteiger partial charge in [-0.3, -0.25) is 20.0 Å². The Kier molecular flexibility index (Phi) is 3.90. The Balaban J connectivity index is 2.03. The van der Waals surface area contributed by atoms with Crippen LogP contribution in [0.25, 0.3) is 6.08 Å². The number of nitro groups is 1. The van der Waals surface area contributed by atoms with Crippen LogP contribution in [0, 0.1) is 17.0 Å². The van der Waals surface area contributed by atoms with Gasteiger partial charge >= 0.3 is 0 Å². The molecule has 0 saturated heterocycles. The number of nitrogens with one attached hydrogen (secondary N) is 2. The van der Waals surface area contributed by atoms with Crippen molar-refractivity contribution in [2.45, 2.75) is 6.92 Å². The number of nitrogens with zero attached hydrogens (tertiary/aromatic N) is 2. The van der Waals surface area contributed by atoms with E-state index in [1.807, 2.05) is 6.92 Å². The summed E-state index contributed by atoms with van der Waals surface area (Å²) in [5.41, 5.74) is 1.39. The molecule has 0 aliphatic rings. The normalized spacial score (nSPS) is 10.7. The quantitative estimate of drug-likeness (QED) is 0.506. The fourth-order valence-corrected chi connectivity index (χ4v) is 1.56. The number of carbonyl (C=O) groups excluding carboxylic acids is 1. The molecular weight excluding hydrogens is 260 g/mol. The number of aryl methyl sites for hydroxylation is 1. The summed E-state index contributed by atoms with van der Waals surface area (Å²) < 4.78 is 0. The molecule has 0 bridgehead atoms. The Hall–Kier alpha value is -2.96. The van der Waals surface area contributed by atoms with Gasteiger partial charge in [-0.05, 0) is 18.6 Å². The SMILES string of the molecule is Cc1cc(NC(=O)C=Cc2cccc([N+](=O)[O-])c2)n[nH]1. The van der Waals surface area contributed by atoms with Gasteiger partial charge in [0.2, 0.25) is 5.91 Å². The Morgan fingerprint density at radius 2 is 2.25 bits per heavy atom. The first kappa shape index (κ1) is 13.5. The van der Waals surface area contributed by atoms with Crippen LogP contribution >= 0.6 is 0 Å². The van der Waals surface area contributed by atoms with Gasteiger partial charge in [-0.2, -0.15) is 5.10 Å². The smallest absolute Gasteiger partial charge is 0.270 e. The Morgan fingerprint density at radius 1 is 1.45 bits per heavy atom. The Morgan fingerprint density at radius 3 is 2.90 bits per heavy atom. The van der Waals surface area contributed by atoms with Crippen molar-refractivity contribution < 1.29 is 9.72 Å². The van der Waals surface area contributed by atoms with E-state index in [2.05, 4.69) is 15.5 Å². The van der Waals surface area contributed by atoms with Crippen molar-refractivity contribution >= 4 is 23.5 Å². The molecule has 1 heterocycles. The number of aromatic nitrogens is 2. The molecule has 1 aromatic carbocycles. The average molecular weight is 272 g/mol. The summed E-state index contributed by atoms with van der Waals surface area (Å²) in [6, 6.07) is 7.72. The zero-order valence-corrected chi connectivity index (χ0v) is 10.7. The molecule has 2 rings (SSSR count). The van der Waals surface area contributed by atoms with Crippen molar-refractivity contribution in [2.75, 3.05) is 5.32 Å². The minimum atomic E-state index is -0.482. The molecule has 7 nitrogen and oxygen atoms in total. The fourth-order valence-electron chi connectivity index (χ4n) is 1.56. The second-order valence-corrected chi connectivity index (χ2v) is 4.11. The lowest BCUT2D eigenvalue weighted by Crippen LogP contribution is -2.07. The number of rotatable bonds is 4. The van der Waals surface area contributed by atoms with Gasteiger partial charge in [-0.1, -0.05) is 12.1 Å². The lowest BCUT2D eigenvalue weighted by atomic mass is 10.2. The van der Waals surface area contributed by atoms with E-state index in [-0.39, 0.29) is 11.6 Å². The summed E-state index contributed by atoms with van der Waals surface area (Å²) in [4.78, 5) is 21.8. The zero-order chi connectivity index (χ0) is 14.5. The van der Waals surface area contributed by atoms with Crippen LogP contribution in [0.5, 0.6) is 0 Å². The third-order valence-corrected chi connectivity index (χ3v) is 2.47. The number of hydrogen-bond acceptors (Lipinski definition) is 4. The molecule has 0 spiro atoms. The maximum absolute atomic E-state index is 11.6. The predicted octanol–water partition coefficient (Wildman–Crippen LogP) is 2.28. The monoisotopic (exact) mass is 272 g/mol. The molecule has 20 heavy (non-hydrogen) atoms. The van der Waals surface area contributed by atoms with E-state index in [0.29, 0.717) is 11.4 Å². The number of nitro benzene ring substituents is 1. The summed E-state index contributed by atoms with van der Waals surface area (Å²) in [6.45, 7) is 1.82. The van der Waals surface area contributed by atoms with Crippen molar-refractivity contribution in [3.05, 3.63) is 57.8 Å². The summed E-state index contributed by atoms with van der Waals surface area (Å²) in [5, 5.41) is 19.8. The second-order valence-electron chi connectivity index (χ2n) is 4.11. The molecule has 0 aliphatic carbocycles. The van der Waals surface area contributed by atoms with Gasteiger partial charge in [0.15, 0.2) is 5.82 Å². The van der Waals surface area contributed by atoms with Gasteiger partial charge < -0.3 is 5.32 Å². The predicted molar refractivity (Wildman–Crippen MR) is 74.1 cm³/mol. The molecule has 0 atom stereocenters. The van der Waals surface area contributed by atoms with Crippen LogP contribution in [0.1, 0.15) is 11.3 Å². The van der Waals surface area contributed by atoms with E-state index in [1.54, 1.807) is 18.2 Å². The minimum absolute atomic E-state index is 0.0181. The van der Waals surface area contributed by atoms with Gasteiger partial charge in [0, 0.05) is 30.0 Å². The fraction of sp³-hybridized carbons (Fsp3) is 0.0769. The molecule has 2 N–H and O–H groups in total. The third kappa shape index (κ3) is 3.52. The van der Waals surface area contributed by atoms with Crippen LogP contribution in [0.3, 0.4) is 0 Å². The number of amides is 1. The third-order valence-electron chi connectivity index (χ3n) is 2.47. The molecule has 0 radical (unpaired) electrons. The zero-order valence-electron chi connectivity index (χ0n) is 10.7. The number of benzene rings is 1. The molecule has 2 aromatic rings. The van der Waals surface area contributed by atoms with Gasteiger partial charge in [0.25, 0.3) is 5.69 Å². The number of carbonyl (C=O) groups is 1. The largest absolute Gasteiger partial charge is 0.306 e. The number of H-pyrrole nitrogens is 1. The number of anilines is 1. The second kappa shape index (κ2) is 5.79. The van der Waals surface area contributed by atoms with Crippen LogP contribution in [0.4, 0.5) is 11.5 Å². The van der Waals surface area contributed by atoms with E-state index in [9.17, 15) is 14.9 Å². The summed E-state index contributed by atoms with van der Waals surface area (Å²) in [6.07, 6.45) is 2.80. The maximum Gasteiger partial charge on any atom is 0.270 e. The lowest BCUT2D eigenvalue weighted by molar-refractivity contribution is -0.384. The van der Waals surface area contributed by atoms with Crippen molar-refractivity contribution in [2.24, 2.45) is 0 Å². The summed E-state index contributed by atoms with van der Waals surface area (Å²) >= 11 is 0. The molecular formula is C13H12N4O3. The lowest BCUT2D eigenvalue weighted by Gasteiger charge is -1.96. The first-order valence-corrected chi connectivity index (χ1v) is 5.80. The van der Waals surface area contributed by atoms with Crippen LogP contribution in [0.2, 0.25) is 0 Å². The van der Waals surface area contributed by atoms with E-state index in [0.717, 1.165) is 5.69 Å². The van der Waals surface area contributed by atoms with Gasteiger partial charge in [0.05, 0.1) is 4.92 Å². The number of non-ortho nitro benzene ring substituents is 1. The maximum atomic E-state index is 11.6. The standard InChI is InChI=1S/C13H12N4O3/c1-9-7-12(16-15-9)14-13(18)6-5-10-3-2-4-11(8-10)17(19)20/h2-8H,1H3,(H2,14,15,16,18). The van der Waals surface area contributed by atoms with Crippen LogP contribution in [0.15, 0.2) is 36.4 Å². The van der Waals surface area contributed by atoms with Crippen molar-refractivity contribution in [1.29, 1.82) is 0 Å². The molecule has 7 heteroatoms. The van der Waals surface area contributed by atoms with Crippen molar-refractivity contribution in [3.63, 3.8) is 0 Å². The molecule has 1 aromatic heterocycles. The van der Waals surface area contributed by atoms with Crippen LogP contribution in [-0.2, 0) is 4.79 Å². The van der Waals surface area contributed by atoms with E-state index >= 15 is 0 Å². The highest BCUT2D eigenvalue weighted by molar-refractivity contribution is 6.01. The first-order valence-electron chi connectivity index (χ1n) is 5.80. The van der Waals surface area contributed by atoms with Gasteiger partial charge in [-0.15, -0.1) is 0 Å². The average Bonchev–Trinajstić information content (AvgIpc) is 2.82. The highest BCUT2D eigenvalue weighted by atomic mass is 16.6. The van der Waals surface area contributed by atoms with Gasteiger partial charge in [0.1, 0.15) is 0 Å². The highest BCUT2D eigenvalue weighted by Gasteiger charge is 2.04. The summed E-state index contributed by atoms with van der Waals surface area (Å²) in [5.74, 6) is 0.0687. The molecule has 0 unspecified atom stereocenters. The highest BCUT2D eigenvalue weighted by Crippen LogP contribution is 2.14. The molecule has 0 saturated carbocycles. The topological polar surface area (TPSA) is 101 Å².